The Kier molecular flexibility index (Phi) is 10.1. The van der Waals surface area contributed by atoms with E-state index in [9.17, 15) is 14.4 Å². The van der Waals surface area contributed by atoms with E-state index in [1.807, 2.05) is 56.3 Å². The molecule has 2 unspecified atom stereocenters. The molecule has 2 atom stereocenters. The highest BCUT2D eigenvalue weighted by Gasteiger charge is 2.42. The summed E-state index contributed by atoms with van der Waals surface area (Å²) in [4.78, 5) is 43.6. The third kappa shape index (κ3) is 8.57. The van der Waals surface area contributed by atoms with Crippen molar-refractivity contribution in [1.29, 1.82) is 0 Å². The number of alkyl carbamates (subject to hydrolysis) is 1. The fourth-order valence-electron chi connectivity index (χ4n) is 6.00. The number of ether oxygens (including phenoxy) is 1. The van der Waals surface area contributed by atoms with Gasteiger partial charge < -0.3 is 20.3 Å². The Balaban J connectivity index is 1.72. The first-order chi connectivity index (χ1) is 19.5. The molecule has 0 bridgehead atoms. The fourth-order valence-corrected chi connectivity index (χ4v) is 6.00. The summed E-state index contributed by atoms with van der Waals surface area (Å²) < 4.78 is 5.56. The topological polar surface area (TPSA) is 87.7 Å². The minimum absolute atomic E-state index is 0.0795. The number of hydrogen-bond acceptors (Lipinski definition) is 4. The molecular formula is C34H47N3O4. The van der Waals surface area contributed by atoms with Gasteiger partial charge in [0.05, 0.1) is 0 Å². The lowest BCUT2D eigenvalue weighted by molar-refractivity contribution is -0.147. The minimum Gasteiger partial charge on any atom is -0.444 e. The van der Waals surface area contributed by atoms with Gasteiger partial charge in [-0.05, 0) is 77.8 Å². The van der Waals surface area contributed by atoms with Crippen LogP contribution < -0.4 is 10.6 Å². The Morgan fingerprint density at radius 2 is 1.54 bits per heavy atom. The Morgan fingerprint density at radius 1 is 0.902 bits per heavy atom. The summed E-state index contributed by atoms with van der Waals surface area (Å²) in [6.45, 7) is 9.43. The molecule has 7 nitrogen and oxygen atoms in total. The van der Waals surface area contributed by atoms with E-state index in [2.05, 4.69) is 16.7 Å². The van der Waals surface area contributed by atoms with Crippen LogP contribution in [0.3, 0.4) is 0 Å². The average molecular weight is 562 g/mol. The summed E-state index contributed by atoms with van der Waals surface area (Å²) in [5, 5.41) is 6.18. The number of carbonyl (C=O) groups excluding carboxylic acids is 3. The van der Waals surface area contributed by atoms with Crippen LogP contribution in [0.1, 0.15) is 100 Å². The lowest BCUT2D eigenvalue weighted by Crippen LogP contribution is -2.58. The number of benzene rings is 2. The molecule has 4 rings (SSSR count). The summed E-state index contributed by atoms with van der Waals surface area (Å²) >= 11 is 0. The molecule has 0 aliphatic heterocycles. The summed E-state index contributed by atoms with van der Waals surface area (Å²) in [7, 11) is 0. The third-order valence-electron chi connectivity index (χ3n) is 8.03. The van der Waals surface area contributed by atoms with Crippen molar-refractivity contribution in [3.05, 3.63) is 70.8 Å². The Morgan fingerprint density at radius 3 is 2.10 bits per heavy atom. The van der Waals surface area contributed by atoms with Crippen molar-refractivity contribution in [3.8, 4) is 0 Å². The lowest BCUT2D eigenvalue weighted by Gasteiger charge is -2.44. The first-order valence-electron chi connectivity index (χ1n) is 15.2. The molecule has 0 radical (unpaired) electrons. The smallest absolute Gasteiger partial charge is 0.408 e. The number of nitrogens with one attached hydrogen (secondary N) is 2. The third-order valence-corrected chi connectivity index (χ3v) is 8.03. The molecule has 0 heterocycles. The molecule has 0 spiro atoms. The van der Waals surface area contributed by atoms with Crippen LogP contribution >= 0.6 is 0 Å². The molecule has 41 heavy (non-hydrogen) atoms. The maximum atomic E-state index is 14.6. The van der Waals surface area contributed by atoms with Crippen LogP contribution in [0.4, 0.5) is 4.79 Å². The molecule has 2 N–H and O–H groups in total. The van der Waals surface area contributed by atoms with Crippen LogP contribution in [-0.4, -0.2) is 46.5 Å². The van der Waals surface area contributed by atoms with Crippen molar-refractivity contribution in [1.82, 2.24) is 15.5 Å². The number of amides is 3. The molecule has 7 heteroatoms. The van der Waals surface area contributed by atoms with Crippen LogP contribution in [-0.2, 0) is 20.7 Å². The number of nitrogens with zero attached hydrogens (tertiary/aromatic N) is 1. The number of aryl methyl sites for hydroxylation is 2. The Bertz CT molecular complexity index is 1180. The maximum absolute atomic E-state index is 14.6. The van der Waals surface area contributed by atoms with E-state index in [0.717, 1.165) is 67.2 Å². The Hall–Kier alpha value is -3.35. The van der Waals surface area contributed by atoms with Crippen molar-refractivity contribution < 1.29 is 19.1 Å². The van der Waals surface area contributed by atoms with E-state index >= 15 is 0 Å². The molecule has 0 aromatic heterocycles. The molecular weight excluding hydrogens is 514 g/mol. The van der Waals surface area contributed by atoms with E-state index < -0.39 is 23.8 Å². The lowest BCUT2D eigenvalue weighted by atomic mass is 9.87. The maximum Gasteiger partial charge on any atom is 0.408 e. The number of hydrogen-bond donors (Lipinski definition) is 2. The summed E-state index contributed by atoms with van der Waals surface area (Å²) in [6, 6.07) is 14.1. The van der Waals surface area contributed by atoms with Gasteiger partial charge in [0.2, 0.25) is 11.8 Å². The van der Waals surface area contributed by atoms with Crippen LogP contribution in [0.5, 0.6) is 0 Å². The van der Waals surface area contributed by atoms with Gasteiger partial charge in [0, 0.05) is 18.5 Å². The normalized spacial score (nSPS) is 17.6. The van der Waals surface area contributed by atoms with Gasteiger partial charge >= 0.3 is 6.09 Å². The van der Waals surface area contributed by atoms with Crippen molar-refractivity contribution in [2.24, 2.45) is 0 Å². The summed E-state index contributed by atoms with van der Waals surface area (Å²) in [5.74, 6) is -0.398. The van der Waals surface area contributed by atoms with E-state index in [-0.39, 0.29) is 23.9 Å². The second-order valence-electron chi connectivity index (χ2n) is 12.9. The first kappa shape index (κ1) is 30.6. The van der Waals surface area contributed by atoms with Gasteiger partial charge in [-0.25, -0.2) is 4.79 Å². The Labute approximate surface area is 245 Å². The van der Waals surface area contributed by atoms with Gasteiger partial charge in [-0.3, -0.25) is 9.59 Å². The van der Waals surface area contributed by atoms with Gasteiger partial charge in [-0.15, -0.1) is 0 Å². The minimum atomic E-state index is -0.885. The molecule has 2 aliphatic rings. The van der Waals surface area contributed by atoms with Crippen LogP contribution in [0.2, 0.25) is 0 Å². The van der Waals surface area contributed by atoms with E-state index in [1.54, 1.807) is 25.7 Å². The molecule has 2 fully saturated rings. The fraction of sp³-hybridized carbons (Fsp3) is 0.559. The first-order valence-corrected chi connectivity index (χ1v) is 15.2. The van der Waals surface area contributed by atoms with Crippen molar-refractivity contribution in [2.45, 2.75) is 122 Å². The molecule has 2 saturated carbocycles. The standard InChI is InChI=1S/C34H47N3O4/c1-23-19-24(2)21-26(20-23)30(31(38)35-27-15-10-7-11-16-27)37(28-17-12-18-28)32(39)29(22-25-13-8-6-9-14-25)36-33(40)41-34(3,4)5/h6,8-9,13-14,19-21,27-30H,7,10-12,15-18,22H2,1-5H3,(H,35,38)(H,36,40). The zero-order chi connectivity index (χ0) is 29.6. The van der Waals surface area contributed by atoms with Gasteiger partial charge in [-0.2, -0.15) is 0 Å². The van der Waals surface area contributed by atoms with Gasteiger partial charge in [0.1, 0.15) is 17.7 Å². The molecule has 2 aromatic carbocycles. The summed E-state index contributed by atoms with van der Waals surface area (Å²) in [6.07, 6.45) is 7.62. The number of carbonyl (C=O) groups is 3. The molecule has 2 aliphatic carbocycles. The van der Waals surface area contributed by atoms with Crippen molar-refractivity contribution in [3.63, 3.8) is 0 Å². The predicted octanol–water partition coefficient (Wildman–Crippen LogP) is 6.31. The second-order valence-corrected chi connectivity index (χ2v) is 12.9. The molecule has 3 amide bonds. The van der Waals surface area contributed by atoms with Crippen LogP contribution in [0.15, 0.2) is 48.5 Å². The highest BCUT2D eigenvalue weighted by molar-refractivity contribution is 5.92. The van der Waals surface area contributed by atoms with Gasteiger partial charge in [0.25, 0.3) is 0 Å². The predicted molar refractivity (Wildman–Crippen MR) is 161 cm³/mol. The zero-order valence-corrected chi connectivity index (χ0v) is 25.4. The van der Waals surface area contributed by atoms with Crippen molar-refractivity contribution in [2.75, 3.05) is 0 Å². The number of rotatable bonds is 9. The molecule has 222 valence electrons. The summed E-state index contributed by atoms with van der Waals surface area (Å²) in [5.41, 5.74) is 3.12. The van der Waals surface area contributed by atoms with E-state index in [0.29, 0.717) is 6.42 Å². The second kappa shape index (κ2) is 13.5. The quantitative estimate of drug-likeness (QED) is 0.376. The average Bonchev–Trinajstić information content (AvgIpc) is 2.86. The monoisotopic (exact) mass is 561 g/mol. The SMILES string of the molecule is Cc1cc(C)cc(C(C(=O)NC2CCCCC2)N(C(=O)C(Cc2ccccc2)NC(=O)OC(C)(C)C)C2CCC2)c1. The molecule has 0 saturated heterocycles. The van der Waals surface area contributed by atoms with Gasteiger partial charge in [-0.1, -0.05) is 78.9 Å². The zero-order valence-electron chi connectivity index (χ0n) is 25.4. The highest BCUT2D eigenvalue weighted by atomic mass is 16.6. The molecule has 2 aromatic rings. The van der Waals surface area contributed by atoms with E-state index in [4.69, 9.17) is 4.74 Å². The van der Waals surface area contributed by atoms with Gasteiger partial charge in [0.15, 0.2) is 0 Å². The van der Waals surface area contributed by atoms with E-state index in [1.165, 1.54) is 6.42 Å². The van der Waals surface area contributed by atoms with Crippen LogP contribution in [0, 0.1) is 13.8 Å². The van der Waals surface area contributed by atoms with Crippen LogP contribution in [0.25, 0.3) is 0 Å². The largest absolute Gasteiger partial charge is 0.444 e. The highest BCUT2D eigenvalue weighted by Crippen LogP contribution is 2.35. The van der Waals surface area contributed by atoms with Crippen molar-refractivity contribution >= 4 is 17.9 Å².